The number of halogens is 2. The van der Waals surface area contributed by atoms with Crippen LogP contribution in [0.1, 0.15) is 24.9 Å². The Morgan fingerprint density at radius 3 is 2.94 bits per heavy atom. The van der Waals surface area contributed by atoms with E-state index >= 15 is 0 Å². The highest BCUT2D eigenvalue weighted by Gasteiger charge is 2.12. The minimum atomic E-state index is -0.253. The average molecular weight is 299 g/mol. The Morgan fingerprint density at radius 1 is 1.53 bits per heavy atom. The predicted molar refractivity (Wildman–Crippen MR) is 72.0 cm³/mol. The minimum absolute atomic E-state index is 0.0567. The summed E-state index contributed by atoms with van der Waals surface area (Å²) < 4.78 is 14.0. The van der Waals surface area contributed by atoms with Crippen LogP contribution in [0, 0.1) is 17.7 Å². The van der Waals surface area contributed by atoms with Crippen molar-refractivity contribution in [2.45, 2.75) is 19.4 Å². The molecule has 0 saturated heterocycles. The fourth-order valence-electron chi connectivity index (χ4n) is 1.54. The topological polar surface area (TPSA) is 38.0 Å². The molecule has 3 N–H and O–H groups in total. The van der Waals surface area contributed by atoms with Gasteiger partial charge < -0.3 is 11.1 Å². The molecule has 0 heterocycles. The molecule has 17 heavy (non-hydrogen) atoms. The Morgan fingerprint density at radius 2 is 2.29 bits per heavy atom. The molecule has 1 atom stereocenters. The molecule has 0 aliphatic heterocycles. The van der Waals surface area contributed by atoms with Crippen molar-refractivity contribution in [3.8, 4) is 11.8 Å². The van der Waals surface area contributed by atoms with E-state index in [1.165, 1.54) is 12.1 Å². The normalized spacial score (nSPS) is 11.8. The molecule has 0 radical (unpaired) electrons. The van der Waals surface area contributed by atoms with Crippen molar-refractivity contribution >= 4 is 15.9 Å². The van der Waals surface area contributed by atoms with E-state index in [-0.39, 0.29) is 11.9 Å². The maximum absolute atomic E-state index is 13.2. The first kappa shape index (κ1) is 14.2. The molecule has 4 heteroatoms. The van der Waals surface area contributed by atoms with E-state index in [2.05, 4.69) is 33.1 Å². The Kier molecular flexibility index (Phi) is 6.20. The van der Waals surface area contributed by atoms with Crippen LogP contribution in [0.2, 0.25) is 0 Å². The molecule has 0 saturated carbocycles. The van der Waals surface area contributed by atoms with Gasteiger partial charge in [-0.05, 0) is 30.7 Å². The lowest BCUT2D eigenvalue weighted by molar-refractivity contribution is 0.542. The van der Waals surface area contributed by atoms with Crippen molar-refractivity contribution in [3.63, 3.8) is 0 Å². The Labute approximate surface area is 110 Å². The second-order valence-electron chi connectivity index (χ2n) is 3.59. The van der Waals surface area contributed by atoms with Crippen LogP contribution in [0.4, 0.5) is 4.39 Å². The van der Waals surface area contributed by atoms with Crippen molar-refractivity contribution in [1.82, 2.24) is 5.32 Å². The average Bonchev–Trinajstić information content (AvgIpc) is 2.33. The van der Waals surface area contributed by atoms with E-state index in [0.29, 0.717) is 6.54 Å². The Hall–Kier alpha value is -0.890. The largest absolute Gasteiger partial charge is 0.329 e. The van der Waals surface area contributed by atoms with Gasteiger partial charge in [0.1, 0.15) is 5.82 Å². The summed E-state index contributed by atoms with van der Waals surface area (Å²) in [6.07, 6.45) is 0.764. The zero-order valence-corrected chi connectivity index (χ0v) is 11.3. The van der Waals surface area contributed by atoms with Crippen LogP contribution in [0.3, 0.4) is 0 Å². The molecule has 0 aromatic heterocycles. The molecular formula is C13H16BrFN2. The van der Waals surface area contributed by atoms with Crippen molar-refractivity contribution in [2.24, 2.45) is 5.73 Å². The van der Waals surface area contributed by atoms with Crippen LogP contribution >= 0.6 is 15.9 Å². The summed E-state index contributed by atoms with van der Waals surface area (Å²) in [7, 11) is 0. The van der Waals surface area contributed by atoms with Crippen molar-refractivity contribution in [3.05, 3.63) is 34.1 Å². The third kappa shape index (κ3) is 4.47. The zero-order valence-electron chi connectivity index (χ0n) is 9.76. The Balaban J connectivity index is 2.70. The quantitative estimate of drug-likeness (QED) is 0.648. The van der Waals surface area contributed by atoms with Crippen LogP contribution in [0.5, 0.6) is 0 Å². The van der Waals surface area contributed by atoms with Gasteiger partial charge in [-0.3, -0.25) is 0 Å². The highest BCUT2D eigenvalue weighted by molar-refractivity contribution is 9.10. The second kappa shape index (κ2) is 7.44. The lowest BCUT2D eigenvalue weighted by atomic mass is 10.1. The lowest BCUT2D eigenvalue weighted by Crippen LogP contribution is -2.29. The van der Waals surface area contributed by atoms with E-state index in [9.17, 15) is 4.39 Å². The first-order valence-corrected chi connectivity index (χ1v) is 6.26. The zero-order chi connectivity index (χ0) is 12.7. The molecule has 1 aromatic rings. The van der Waals surface area contributed by atoms with E-state index < -0.39 is 0 Å². The summed E-state index contributed by atoms with van der Waals surface area (Å²) in [6.45, 7) is 2.97. The smallest absolute Gasteiger partial charge is 0.123 e. The molecule has 0 aliphatic rings. The summed E-state index contributed by atoms with van der Waals surface area (Å²) >= 11 is 3.40. The lowest BCUT2D eigenvalue weighted by Gasteiger charge is -2.18. The standard InChI is InChI=1S/C13H16BrFN2/c1-2-3-4-7-17-13(9-16)11-8-10(15)5-6-12(11)14/h5-6,8,13,17H,4,7,9,16H2,1H3. The first-order chi connectivity index (χ1) is 8.19. The van der Waals surface area contributed by atoms with Gasteiger partial charge in [-0.1, -0.05) is 15.9 Å². The molecule has 1 unspecified atom stereocenters. The van der Waals surface area contributed by atoms with E-state index in [1.807, 2.05) is 6.92 Å². The van der Waals surface area contributed by atoms with Gasteiger partial charge in [-0.2, -0.15) is 0 Å². The van der Waals surface area contributed by atoms with Gasteiger partial charge in [-0.15, -0.1) is 11.8 Å². The first-order valence-electron chi connectivity index (χ1n) is 5.47. The van der Waals surface area contributed by atoms with Crippen molar-refractivity contribution in [1.29, 1.82) is 0 Å². The number of nitrogens with two attached hydrogens (primary N) is 1. The third-order valence-corrected chi connectivity index (χ3v) is 3.11. The molecule has 92 valence electrons. The fourth-order valence-corrected chi connectivity index (χ4v) is 2.06. The number of hydrogen-bond donors (Lipinski definition) is 2. The third-order valence-electron chi connectivity index (χ3n) is 2.39. The summed E-state index contributed by atoms with van der Waals surface area (Å²) in [5.74, 6) is 5.54. The number of benzene rings is 1. The highest BCUT2D eigenvalue weighted by atomic mass is 79.9. The van der Waals surface area contributed by atoms with Gasteiger partial charge in [-0.25, -0.2) is 4.39 Å². The monoisotopic (exact) mass is 298 g/mol. The molecule has 0 bridgehead atoms. The summed E-state index contributed by atoms with van der Waals surface area (Å²) in [5.41, 5.74) is 6.54. The van der Waals surface area contributed by atoms with Gasteiger partial charge in [0.25, 0.3) is 0 Å². The summed E-state index contributed by atoms with van der Waals surface area (Å²) in [5, 5.41) is 3.26. The highest BCUT2D eigenvalue weighted by Crippen LogP contribution is 2.23. The van der Waals surface area contributed by atoms with Gasteiger partial charge >= 0.3 is 0 Å². The van der Waals surface area contributed by atoms with Crippen LogP contribution in [0.15, 0.2) is 22.7 Å². The predicted octanol–water partition coefficient (Wildman–Crippen LogP) is 2.59. The molecule has 0 spiro atoms. The van der Waals surface area contributed by atoms with Crippen LogP contribution in [-0.2, 0) is 0 Å². The van der Waals surface area contributed by atoms with Gasteiger partial charge in [0.15, 0.2) is 0 Å². The molecule has 0 fully saturated rings. The van der Waals surface area contributed by atoms with E-state index in [4.69, 9.17) is 5.73 Å². The number of nitrogens with one attached hydrogen (secondary N) is 1. The van der Waals surface area contributed by atoms with Crippen molar-refractivity contribution in [2.75, 3.05) is 13.1 Å². The Bertz CT molecular complexity index is 423. The van der Waals surface area contributed by atoms with E-state index in [0.717, 1.165) is 23.0 Å². The number of hydrogen-bond acceptors (Lipinski definition) is 2. The molecule has 2 nitrogen and oxygen atoms in total. The molecule has 1 rings (SSSR count). The molecule has 1 aromatic carbocycles. The fraction of sp³-hybridized carbons (Fsp3) is 0.385. The van der Waals surface area contributed by atoms with E-state index in [1.54, 1.807) is 6.07 Å². The molecular weight excluding hydrogens is 283 g/mol. The van der Waals surface area contributed by atoms with Gasteiger partial charge in [0, 0.05) is 30.0 Å². The minimum Gasteiger partial charge on any atom is -0.329 e. The van der Waals surface area contributed by atoms with Gasteiger partial charge in [0.05, 0.1) is 0 Å². The molecule has 0 aliphatic carbocycles. The SMILES string of the molecule is CC#CCCNC(CN)c1cc(F)ccc1Br. The maximum atomic E-state index is 13.2. The van der Waals surface area contributed by atoms with Gasteiger partial charge in [0.2, 0.25) is 0 Å². The summed E-state index contributed by atoms with van der Waals surface area (Å²) in [4.78, 5) is 0. The molecule has 0 amide bonds. The second-order valence-corrected chi connectivity index (χ2v) is 4.44. The van der Waals surface area contributed by atoms with Crippen LogP contribution in [-0.4, -0.2) is 13.1 Å². The maximum Gasteiger partial charge on any atom is 0.123 e. The summed E-state index contributed by atoms with van der Waals surface area (Å²) in [6, 6.07) is 4.56. The van der Waals surface area contributed by atoms with Crippen LogP contribution in [0.25, 0.3) is 0 Å². The van der Waals surface area contributed by atoms with Crippen LogP contribution < -0.4 is 11.1 Å². The van der Waals surface area contributed by atoms with Crippen molar-refractivity contribution < 1.29 is 4.39 Å². The number of rotatable bonds is 5.